The standard InChI is InChI=1S/C19H24N4O4/c1-13-6-3-8-23-16(13)21-17-14(19(23)26)12-15(18(25)20-7-4-10-24)22(17)9-5-11-27-2/h3,6,8,12,24H,4-5,7,9-11H2,1-2H3,(H,20,25). The Morgan fingerprint density at radius 1 is 1.33 bits per heavy atom. The number of aromatic nitrogens is 3. The molecule has 8 heteroatoms. The Bertz CT molecular complexity index is 1020. The fraction of sp³-hybridized carbons (Fsp3) is 0.421. The molecule has 0 radical (unpaired) electrons. The summed E-state index contributed by atoms with van der Waals surface area (Å²) in [5.74, 6) is -0.288. The zero-order valence-electron chi connectivity index (χ0n) is 15.6. The highest BCUT2D eigenvalue weighted by Crippen LogP contribution is 2.18. The Balaban J connectivity index is 2.15. The number of pyridine rings is 1. The number of carbonyl (C=O) groups is 1. The lowest BCUT2D eigenvalue weighted by Gasteiger charge is -2.11. The van der Waals surface area contributed by atoms with Crippen molar-refractivity contribution < 1.29 is 14.6 Å². The molecule has 0 aliphatic heterocycles. The van der Waals surface area contributed by atoms with E-state index in [1.807, 2.05) is 13.0 Å². The third kappa shape index (κ3) is 3.72. The molecule has 0 aromatic carbocycles. The van der Waals surface area contributed by atoms with Gasteiger partial charge in [0.25, 0.3) is 11.5 Å². The van der Waals surface area contributed by atoms with Gasteiger partial charge < -0.3 is 19.7 Å². The van der Waals surface area contributed by atoms with Crippen LogP contribution in [0.1, 0.15) is 28.9 Å². The van der Waals surface area contributed by atoms with Gasteiger partial charge in [0, 0.05) is 39.6 Å². The lowest BCUT2D eigenvalue weighted by Crippen LogP contribution is -2.27. The lowest BCUT2D eigenvalue weighted by molar-refractivity contribution is 0.0941. The second kappa shape index (κ2) is 8.32. The number of hydrogen-bond donors (Lipinski definition) is 2. The highest BCUT2D eigenvalue weighted by molar-refractivity contribution is 5.98. The summed E-state index contributed by atoms with van der Waals surface area (Å²) in [6, 6.07) is 5.30. The summed E-state index contributed by atoms with van der Waals surface area (Å²) in [4.78, 5) is 30.3. The second-order valence-corrected chi connectivity index (χ2v) is 6.40. The zero-order valence-corrected chi connectivity index (χ0v) is 15.6. The van der Waals surface area contributed by atoms with Gasteiger partial charge in [0.05, 0.1) is 5.39 Å². The van der Waals surface area contributed by atoms with Crippen molar-refractivity contribution in [3.8, 4) is 0 Å². The van der Waals surface area contributed by atoms with Crippen LogP contribution in [0.2, 0.25) is 0 Å². The van der Waals surface area contributed by atoms with Crippen LogP contribution in [0.4, 0.5) is 0 Å². The normalized spacial score (nSPS) is 11.4. The number of methoxy groups -OCH3 is 1. The third-order valence-electron chi connectivity index (χ3n) is 4.47. The third-order valence-corrected chi connectivity index (χ3v) is 4.47. The van der Waals surface area contributed by atoms with Crippen molar-refractivity contribution in [3.63, 3.8) is 0 Å². The fourth-order valence-corrected chi connectivity index (χ4v) is 3.11. The Morgan fingerprint density at radius 2 is 2.15 bits per heavy atom. The molecule has 3 aromatic rings. The number of amides is 1. The van der Waals surface area contributed by atoms with Crippen LogP contribution in [0.3, 0.4) is 0 Å². The Kier molecular flexibility index (Phi) is 5.88. The van der Waals surface area contributed by atoms with Crippen molar-refractivity contribution in [2.24, 2.45) is 0 Å². The van der Waals surface area contributed by atoms with E-state index in [2.05, 4.69) is 10.3 Å². The maximum atomic E-state index is 12.9. The molecule has 3 heterocycles. The van der Waals surface area contributed by atoms with E-state index in [1.165, 1.54) is 4.40 Å². The first-order valence-corrected chi connectivity index (χ1v) is 8.97. The molecule has 0 bridgehead atoms. The Labute approximate surface area is 156 Å². The number of rotatable bonds is 8. The van der Waals surface area contributed by atoms with E-state index in [-0.39, 0.29) is 18.1 Å². The molecule has 0 unspecified atom stereocenters. The van der Waals surface area contributed by atoms with Crippen molar-refractivity contribution in [3.05, 3.63) is 46.0 Å². The van der Waals surface area contributed by atoms with Gasteiger partial charge in [0.1, 0.15) is 17.0 Å². The van der Waals surface area contributed by atoms with Gasteiger partial charge in [-0.25, -0.2) is 4.98 Å². The topological polar surface area (TPSA) is 97.9 Å². The van der Waals surface area contributed by atoms with Crippen LogP contribution < -0.4 is 10.9 Å². The molecular weight excluding hydrogens is 348 g/mol. The molecule has 3 aromatic heterocycles. The molecule has 3 rings (SSSR count). The van der Waals surface area contributed by atoms with Gasteiger partial charge in [-0.2, -0.15) is 0 Å². The second-order valence-electron chi connectivity index (χ2n) is 6.40. The summed E-state index contributed by atoms with van der Waals surface area (Å²) < 4.78 is 8.40. The van der Waals surface area contributed by atoms with Crippen LogP contribution >= 0.6 is 0 Å². The number of carbonyl (C=O) groups excluding carboxylic acids is 1. The molecule has 0 saturated carbocycles. The molecule has 27 heavy (non-hydrogen) atoms. The molecule has 144 valence electrons. The molecule has 0 saturated heterocycles. The van der Waals surface area contributed by atoms with Gasteiger partial charge in [-0.15, -0.1) is 0 Å². The van der Waals surface area contributed by atoms with E-state index in [9.17, 15) is 9.59 Å². The van der Waals surface area contributed by atoms with Gasteiger partial charge in [-0.3, -0.25) is 14.0 Å². The summed E-state index contributed by atoms with van der Waals surface area (Å²) in [5, 5.41) is 12.1. The molecular formula is C19H24N4O4. The van der Waals surface area contributed by atoms with E-state index in [0.717, 1.165) is 5.56 Å². The minimum Gasteiger partial charge on any atom is -0.396 e. The molecule has 0 aliphatic carbocycles. The van der Waals surface area contributed by atoms with Crippen LogP contribution in [-0.4, -0.2) is 51.8 Å². The zero-order chi connectivity index (χ0) is 19.4. The Hall–Kier alpha value is -2.71. The predicted molar refractivity (Wildman–Crippen MR) is 102 cm³/mol. The van der Waals surface area contributed by atoms with Gasteiger partial charge in [0.15, 0.2) is 0 Å². The first-order chi connectivity index (χ1) is 13.1. The molecule has 0 atom stereocenters. The van der Waals surface area contributed by atoms with Crippen LogP contribution in [0.15, 0.2) is 29.2 Å². The number of fused-ring (bicyclic) bond motifs is 2. The van der Waals surface area contributed by atoms with Crippen LogP contribution in [0, 0.1) is 6.92 Å². The smallest absolute Gasteiger partial charge is 0.267 e. The minimum absolute atomic E-state index is 0.00464. The number of ether oxygens (including phenoxy) is 1. The van der Waals surface area contributed by atoms with Gasteiger partial charge >= 0.3 is 0 Å². The monoisotopic (exact) mass is 372 g/mol. The summed E-state index contributed by atoms with van der Waals surface area (Å²) in [6.07, 6.45) is 2.84. The molecule has 1 amide bonds. The first-order valence-electron chi connectivity index (χ1n) is 8.97. The summed E-state index contributed by atoms with van der Waals surface area (Å²) in [7, 11) is 1.62. The Morgan fingerprint density at radius 3 is 2.89 bits per heavy atom. The highest BCUT2D eigenvalue weighted by atomic mass is 16.5. The van der Waals surface area contributed by atoms with E-state index in [4.69, 9.17) is 9.84 Å². The number of hydrogen-bond acceptors (Lipinski definition) is 5. The van der Waals surface area contributed by atoms with Gasteiger partial charge in [-0.1, -0.05) is 6.07 Å². The van der Waals surface area contributed by atoms with Crippen molar-refractivity contribution >= 4 is 22.6 Å². The molecule has 0 aliphatic rings. The minimum atomic E-state index is -0.288. The molecule has 2 N–H and O–H groups in total. The number of aliphatic hydroxyl groups excluding tert-OH is 1. The molecule has 0 spiro atoms. The number of nitrogens with one attached hydrogen (secondary N) is 1. The van der Waals surface area contributed by atoms with Crippen molar-refractivity contribution in [2.45, 2.75) is 26.3 Å². The average molecular weight is 372 g/mol. The van der Waals surface area contributed by atoms with E-state index < -0.39 is 0 Å². The predicted octanol–water partition coefficient (Wildman–Crippen LogP) is 1.11. The van der Waals surface area contributed by atoms with Crippen LogP contribution in [0.25, 0.3) is 16.7 Å². The SMILES string of the molecule is COCCCn1c(C(=O)NCCCO)cc2c(=O)n3cccc(C)c3nc21. The van der Waals surface area contributed by atoms with Gasteiger partial charge in [-0.05, 0) is 37.5 Å². The van der Waals surface area contributed by atoms with E-state index >= 15 is 0 Å². The maximum Gasteiger partial charge on any atom is 0.267 e. The number of aryl methyl sites for hydroxylation is 2. The fourth-order valence-electron chi connectivity index (χ4n) is 3.11. The summed E-state index contributed by atoms with van der Waals surface area (Å²) in [5.41, 5.74) is 2.15. The quantitative estimate of drug-likeness (QED) is 0.577. The van der Waals surface area contributed by atoms with Crippen LogP contribution in [0.5, 0.6) is 0 Å². The lowest BCUT2D eigenvalue weighted by atomic mass is 10.3. The number of aliphatic hydroxyl groups is 1. The van der Waals surface area contributed by atoms with Crippen molar-refractivity contribution in [1.82, 2.24) is 19.3 Å². The first kappa shape index (κ1) is 19.1. The summed E-state index contributed by atoms with van der Waals surface area (Å²) >= 11 is 0. The van der Waals surface area contributed by atoms with Crippen LogP contribution in [-0.2, 0) is 11.3 Å². The molecule has 0 fully saturated rings. The van der Waals surface area contributed by atoms with Crippen molar-refractivity contribution in [1.29, 1.82) is 0 Å². The van der Waals surface area contributed by atoms with Crippen molar-refractivity contribution in [2.75, 3.05) is 26.9 Å². The number of nitrogens with zero attached hydrogens (tertiary/aromatic N) is 3. The van der Waals surface area contributed by atoms with E-state index in [1.54, 1.807) is 30.0 Å². The molecule has 8 nitrogen and oxygen atoms in total. The largest absolute Gasteiger partial charge is 0.396 e. The maximum absolute atomic E-state index is 12.9. The summed E-state index contributed by atoms with van der Waals surface area (Å²) in [6.45, 7) is 3.31. The van der Waals surface area contributed by atoms with E-state index in [0.29, 0.717) is 54.9 Å². The average Bonchev–Trinajstić information content (AvgIpc) is 3.02. The van der Waals surface area contributed by atoms with Gasteiger partial charge in [0.2, 0.25) is 0 Å². The highest BCUT2D eigenvalue weighted by Gasteiger charge is 2.19.